The largest absolute Gasteiger partial charge is 0.352 e. The van der Waals surface area contributed by atoms with Crippen LogP contribution in [0, 0.1) is 6.92 Å². The van der Waals surface area contributed by atoms with Crippen molar-refractivity contribution in [1.82, 2.24) is 20.0 Å². The van der Waals surface area contributed by atoms with Gasteiger partial charge in [0.1, 0.15) is 0 Å². The van der Waals surface area contributed by atoms with Gasteiger partial charge in [-0.3, -0.25) is 9.67 Å². The minimum absolute atomic E-state index is 0.534. The van der Waals surface area contributed by atoms with Crippen molar-refractivity contribution < 1.29 is 0 Å². The van der Waals surface area contributed by atoms with Crippen molar-refractivity contribution in [1.29, 1.82) is 0 Å². The number of nitrogens with zero attached hydrogens (tertiary/aromatic N) is 4. The zero-order chi connectivity index (χ0) is 17.1. The number of guanidine groups is 1. The molecule has 24 heavy (non-hydrogen) atoms. The standard InChI is InChI=1S/C18H24BrN5/c1-13-8-17(19)5-4-14(13)9-21-18(20-2)24-7-6-15(12-24)16-10-22-23(3)11-16/h4-5,8,10-11,15H,6-7,9,12H2,1-3H3,(H,20,21). The van der Waals surface area contributed by atoms with Crippen LogP contribution >= 0.6 is 15.9 Å². The van der Waals surface area contributed by atoms with E-state index in [2.05, 4.69) is 67.6 Å². The van der Waals surface area contributed by atoms with Gasteiger partial charge in [-0.2, -0.15) is 5.10 Å². The van der Waals surface area contributed by atoms with Gasteiger partial charge in [0, 0.05) is 50.3 Å². The molecule has 1 aliphatic rings. The third kappa shape index (κ3) is 3.80. The first-order valence-electron chi connectivity index (χ1n) is 8.26. The number of halogens is 1. The Morgan fingerprint density at radius 2 is 2.29 bits per heavy atom. The molecule has 1 fully saturated rings. The normalized spacial score (nSPS) is 18.2. The number of hydrogen-bond acceptors (Lipinski definition) is 2. The predicted molar refractivity (Wildman–Crippen MR) is 101 cm³/mol. The number of likely N-dealkylation sites (tertiary alicyclic amines) is 1. The summed E-state index contributed by atoms with van der Waals surface area (Å²) in [6, 6.07) is 6.39. The van der Waals surface area contributed by atoms with E-state index in [0.717, 1.165) is 36.5 Å². The van der Waals surface area contributed by atoms with Crippen molar-refractivity contribution in [2.24, 2.45) is 12.0 Å². The Bertz CT molecular complexity index is 737. The van der Waals surface area contributed by atoms with Gasteiger partial charge in [0.15, 0.2) is 5.96 Å². The van der Waals surface area contributed by atoms with Crippen molar-refractivity contribution in [3.63, 3.8) is 0 Å². The maximum atomic E-state index is 4.47. The minimum Gasteiger partial charge on any atom is -0.352 e. The highest BCUT2D eigenvalue weighted by atomic mass is 79.9. The van der Waals surface area contributed by atoms with Crippen LogP contribution in [0.3, 0.4) is 0 Å². The average Bonchev–Trinajstić information content (AvgIpc) is 3.19. The van der Waals surface area contributed by atoms with E-state index in [-0.39, 0.29) is 0 Å². The molecule has 1 atom stereocenters. The Kier molecular flexibility index (Phi) is 5.23. The van der Waals surface area contributed by atoms with Crippen LogP contribution in [0.5, 0.6) is 0 Å². The first-order valence-corrected chi connectivity index (χ1v) is 9.05. The van der Waals surface area contributed by atoms with E-state index in [1.165, 1.54) is 16.7 Å². The molecule has 1 saturated heterocycles. The van der Waals surface area contributed by atoms with Gasteiger partial charge in [0.25, 0.3) is 0 Å². The molecule has 0 bridgehead atoms. The van der Waals surface area contributed by atoms with Crippen molar-refractivity contribution in [3.8, 4) is 0 Å². The van der Waals surface area contributed by atoms with Gasteiger partial charge < -0.3 is 10.2 Å². The molecule has 0 radical (unpaired) electrons. The van der Waals surface area contributed by atoms with E-state index in [0.29, 0.717) is 5.92 Å². The van der Waals surface area contributed by atoms with Crippen molar-refractivity contribution in [2.45, 2.75) is 25.8 Å². The lowest BCUT2D eigenvalue weighted by Gasteiger charge is -2.22. The first-order chi connectivity index (χ1) is 11.6. The maximum absolute atomic E-state index is 4.47. The van der Waals surface area contributed by atoms with Gasteiger partial charge in [-0.05, 0) is 42.2 Å². The molecule has 2 heterocycles. The summed E-state index contributed by atoms with van der Waals surface area (Å²) in [6.07, 6.45) is 5.24. The van der Waals surface area contributed by atoms with Crippen LogP contribution in [0.4, 0.5) is 0 Å². The molecule has 1 unspecified atom stereocenters. The number of rotatable bonds is 3. The number of aryl methyl sites for hydroxylation is 2. The topological polar surface area (TPSA) is 45.5 Å². The van der Waals surface area contributed by atoms with E-state index in [1.807, 2.05) is 25.0 Å². The van der Waals surface area contributed by atoms with E-state index in [1.54, 1.807) is 0 Å². The second-order valence-corrected chi connectivity index (χ2v) is 7.27. The van der Waals surface area contributed by atoms with Crippen molar-refractivity contribution in [2.75, 3.05) is 20.1 Å². The molecule has 0 aliphatic carbocycles. The van der Waals surface area contributed by atoms with Crippen LogP contribution in [0.15, 0.2) is 40.1 Å². The summed E-state index contributed by atoms with van der Waals surface area (Å²) < 4.78 is 2.99. The van der Waals surface area contributed by atoms with Crippen LogP contribution in [-0.4, -0.2) is 40.8 Å². The average molecular weight is 390 g/mol. The monoisotopic (exact) mass is 389 g/mol. The third-order valence-corrected chi connectivity index (χ3v) is 5.13. The lowest BCUT2D eigenvalue weighted by atomic mass is 10.0. The fourth-order valence-electron chi connectivity index (χ4n) is 3.24. The third-order valence-electron chi connectivity index (χ3n) is 4.64. The summed E-state index contributed by atoms with van der Waals surface area (Å²) in [5, 5.41) is 7.80. The van der Waals surface area contributed by atoms with Gasteiger partial charge in [-0.25, -0.2) is 0 Å². The van der Waals surface area contributed by atoms with Crippen molar-refractivity contribution >= 4 is 21.9 Å². The van der Waals surface area contributed by atoms with Gasteiger partial charge >= 0.3 is 0 Å². The molecule has 1 N–H and O–H groups in total. The summed E-state index contributed by atoms with van der Waals surface area (Å²) in [5.74, 6) is 1.51. The smallest absolute Gasteiger partial charge is 0.193 e. The maximum Gasteiger partial charge on any atom is 0.193 e. The van der Waals surface area contributed by atoms with Crippen LogP contribution in [-0.2, 0) is 13.6 Å². The molecule has 3 rings (SSSR count). The summed E-state index contributed by atoms with van der Waals surface area (Å²) in [6.45, 7) is 4.95. The number of aliphatic imine (C=N–C) groups is 1. The quantitative estimate of drug-likeness (QED) is 0.647. The van der Waals surface area contributed by atoms with Crippen LogP contribution in [0.2, 0.25) is 0 Å². The van der Waals surface area contributed by atoms with E-state index in [9.17, 15) is 0 Å². The Hall–Kier alpha value is -1.82. The fourth-order valence-corrected chi connectivity index (χ4v) is 3.72. The Balaban J connectivity index is 1.61. The molecular weight excluding hydrogens is 366 g/mol. The highest BCUT2D eigenvalue weighted by Crippen LogP contribution is 2.26. The predicted octanol–water partition coefficient (Wildman–Crippen LogP) is 3.06. The zero-order valence-corrected chi connectivity index (χ0v) is 16.0. The molecule has 6 heteroatoms. The number of aromatic nitrogens is 2. The Labute approximate surface area is 151 Å². The van der Waals surface area contributed by atoms with E-state index < -0.39 is 0 Å². The van der Waals surface area contributed by atoms with E-state index in [4.69, 9.17) is 0 Å². The molecule has 1 aliphatic heterocycles. The lowest BCUT2D eigenvalue weighted by Crippen LogP contribution is -2.39. The van der Waals surface area contributed by atoms with Gasteiger partial charge in [0.2, 0.25) is 0 Å². The molecule has 0 spiro atoms. The molecule has 0 amide bonds. The SMILES string of the molecule is CN=C(NCc1ccc(Br)cc1C)N1CCC(c2cnn(C)c2)C1. The first kappa shape index (κ1) is 17.0. The van der Waals surface area contributed by atoms with Crippen LogP contribution < -0.4 is 5.32 Å². The van der Waals surface area contributed by atoms with E-state index >= 15 is 0 Å². The second-order valence-electron chi connectivity index (χ2n) is 6.35. The minimum atomic E-state index is 0.534. The second kappa shape index (κ2) is 7.38. The summed E-state index contributed by atoms with van der Waals surface area (Å²) in [4.78, 5) is 6.81. The Morgan fingerprint density at radius 1 is 1.46 bits per heavy atom. The number of benzene rings is 1. The molecule has 2 aromatic rings. The highest BCUT2D eigenvalue weighted by Gasteiger charge is 2.26. The molecule has 128 valence electrons. The molecule has 1 aromatic heterocycles. The molecular formula is C18H24BrN5. The van der Waals surface area contributed by atoms with Crippen LogP contribution in [0.25, 0.3) is 0 Å². The lowest BCUT2D eigenvalue weighted by molar-refractivity contribution is 0.485. The van der Waals surface area contributed by atoms with Gasteiger partial charge in [-0.15, -0.1) is 0 Å². The van der Waals surface area contributed by atoms with Gasteiger partial charge in [0.05, 0.1) is 6.20 Å². The van der Waals surface area contributed by atoms with Gasteiger partial charge in [-0.1, -0.05) is 22.0 Å². The van der Waals surface area contributed by atoms with Crippen molar-refractivity contribution in [3.05, 3.63) is 51.8 Å². The number of hydrogen-bond donors (Lipinski definition) is 1. The summed E-state index contributed by atoms with van der Waals surface area (Å²) in [7, 11) is 3.82. The Morgan fingerprint density at radius 3 is 2.96 bits per heavy atom. The number of nitrogens with one attached hydrogen (secondary N) is 1. The highest BCUT2D eigenvalue weighted by molar-refractivity contribution is 9.10. The zero-order valence-electron chi connectivity index (χ0n) is 14.5. The fraction of sp³-hybridized carbons (Fsp3) is 0.444. The molecule has 0 saturated carbocycles. The summed E-state index contributed by atoms with van der Waals surface area (Å²) in [5.41, 5.74) is 3.89. The van der Waals surface area contributed by atoms with Crippen LogP contribution in [0.1, 0.15) is 29.0 Å². The summed E-state index contributed by atoms with van der Waals surface area (Å²) >= 11 is 3.52. The molecule has 5 nitrogen and oxygen atoms in total. The molecule has 1 aromatic carbocycles.